The highest BCUT2D eigenvalue weighted by atomic mass is 16.5. The van der Waals surface area contributed by atoms with Crippen LogP contribution in [0.4, 0.5) is 0 Å². The molecule has 0 fully saturated rings. The summed E-state index contributed by atoms with van der Waals surface area (Å²) < 4.78 is 5.06. The predicted octanol–water partition coefficient (Wildman–Crippen LogP) is 1.63. The van der Waals surface area contributed by atoms with E-state index in [0.717, 1.165) is 0 Å². The van der Waals surface area contributed by atoms with E-state index in [2.05, 4.69) is 0 Å². The number of phenols is 1. The van der Waals surface area contributed by atoms with Gasteiger partial charge in [0.15, 0.2) is 0 Å². The number of methoxy groups -OCH3 is 1. The zero-order valence-corrected chi connectivity index (χ0v) is 8.03. The molecule has 0 atom stereocenters. The maximum Gasteiger partial charge on any atom is 0.125 e. The van der Waals surface area contributed by atoms with Crippen molar-refractivity contribution in [2.24, 2.45) is 0 Å². The number of aliphatic hydroxyl groups is 1. The Morgan fingerprint density at radius 3 is 2.38 bits per heavy atom. The summed E-state index contributed by atoms with van der Waals surface area (Å²) in [5, 5.41) is 19.0. The molecule has 3 nitrogen and oxygen atoms in total. The second kappa shape index (κ2) is 3.26. The fraction of sp³-hybridized carbons (Fsp3) is 0.400. The molecule has 72 valence electrons. The summed E-state index contributed by atoms with van der Waals surface area (Å²) in [7, 11) is 1.53. The van der Waals surface area contributed by atoms with Crippen LogP contribution in [0.15, 0.2) is 18.2 Å². The summed E-state index contributed by atoms with van der Waals surface area (Å²) >= 11 is 0. The first-order valence-corrected chi connectivity index (χ1v) is 4.05. The quantitative estimate of drug-likeness (QED) is 0.730. The van der Waals surface area contributed by atoms with Crippen LogP contribution < -0.4 is 4.74 Å². The van der Waals surface area contributed by atoms with Crippen LogP contribution in [0, 0.1) is 0 Å². The average molecular weight is 182 g/mol. The molecule has 0 radical (unpaired) electrons. The smallest absolute Gasteiger partial charge is 0.125 e. The summed E-state index contributed by atoms with van der Waals surface area (Å²) in [6, 6.07) is 4.65. The number of rotatable bonds is 2. The van der Waals surface area contributed by atoms with E-state index in [1.807, 2.05) is 0 Å². The molecule has 0 saturated heterocycles. The number of ether oxygens (including phenoxy) is 1. The first-order valence-electron chi connectivity index (χ1n) is 4.05. The molecule has 0 saturated carbocycles. The summed E-state index contributed by atoms with van der Waals surface area (Å²) in [6.07, 6.45) is 0. The van der Waals surface area contributed by atoms with Crippen LogP contribution in [0.1, 0.15) is 19.4 Å². The molecule has 1 aromatic carbocycles. The second-order valence-electron chi connectivity index (χ2n) is 3.44. The molecule has 0 aliphatic carbocycles. The van der Waals surface area contributed by atoms with E-state index in [0.29, 0.717) is 11.3 Å². The van der Waals surface area contributed by atoms with E-state index in [9.17, 15) is 10.2 Å². The Morgan fingerprint density at radius 2 is 1.92 bits per heavy atom. The van der Waals surface area contributed by atoms with Crippen molar-refractivity contribution in [2.45, 2.75) is 19.4 Å². The summed E-state index contributed by atoms with van der Waals surface area (Å²) in [4.78, 5) is 0. The average Bonchev–Trinajstić information content (AvgIpc) is 2.03. The Labute approximate surface area is 77.6 Å². The lowest BCUT2D eigenvalue weighted by Gasteiger charge is -2.20. The molecule has 0 heterocycles. The molecule has 0 spiro atoms. The molecule has 0 bridgehead atoms. The van der Waals surface area contributed by atoms with E-state index in [-0.39, 0.29) is 5.75 Å². The molecular formula is C10H14O3. The van der Waals surface area contributed by atoms with Crippen LogP contribution in [-0.2, 0) is 5.60 Å². The molecule has 3 heteroatoms. The third kappa shape index (κ3) is 2.12. The molecule has 0 aliphatic rings. The minimum absolute atomic E-state index is 0.123. The largest absolute Gasteiger partial charge is 0.508 e. The lowest BCUT2D eigenvalue weighted by atomic mass is 9.97. The molecule has 13 heavy (non-hydrogen) atoms. The van der Waals surface area contributed by atoms with Crippen molar-refractivity contribution in [1.82, 2.24) is 0 Å². The van der Waals surface area contributed by atoms with Crippen LogP contribution in [0.5, 0.6) is 11.5 Å². The van der Waals surface area contributed by atoms with Gasteiger partial charge in [0, 0.05) is 5.56 Å². The van der Waals surface area contributed by atoms with Gasteiger partial charge in [-0.1, -0.05) is 0 Å². The highest BCUT2D eigenvalue weighted by molar-refractivity contribution is 5.42. The third-order valence-corrected chi connectivity index (χ3v) is 1.84. The van der Waals surface area contributed by atoms with Crippen LogP contribution in [0.2, 0.25) is 0 Å². The molecule has 0 aliphatic heterocycles. The van der Waals surface area contributed by atoms with Gasteiger partial charge in [0.05, 0.1) is 12.7 Å². The van der Waals surface area contributed by atoms with Crippen LogP contribution >= 0.6 is 0 Å². The van der Waals surface area contributed by atoms with Crippen molar-refractivity contribution in [3.05, 3.63) is 23.8 Å². The van der Waals surface area contributed by atoms with Gasteiger partial charge >= 0.3 is 0 Å². The van der Waals surface area contributed by atoms with E-state index in [4.69, 9.17) is 4.74 Å². The second-order valence-corrected chi connectivity index (χ2v) is 3.44. The van der Waals surface area contributed by atoms with Crippen molar-refractivity contribution in [3.63, 3.8) is 0 Å². The van der Waals surface area contributed by atoms with Gasteiger partial charge in [0.2, 0.25) is 0 Å². The van der Waals surface area contributed by atoms with Gasteiger partial charge in [-0.05, 0) is 32.0 Å². The molecule has 1 aromatic rings. The Bertz CT molecular complexity index is 300. The van der Waals surface area contributed by atoms with E-state index >= 15 is 0 Å². The molecule has 2 N–H and O–H groups in total. The van der Waals surface area contributed by atoms with E-state index < -0.39 is 5.60 Å². The minimum Gasteiger partial charge on any atom is -0.508 e. The number of phenolic OH excluding ortho intramolecular Hbond substituents is 1. The van der Waals surface area contributed by atoms with Crippen molar-refractivity contribution < 1.29 is 14.9 Å². The highest BCUT2D eigenvalue weighted by Gasteiger charge is 2.21. The monoisotopic (exact) mass is 182 g/mol. The molecule has 0 aromatic heterocycles. The van der Waals surface area contributed by atoms with Gasteiger partial charge in [-0.2, -0.15) is 0 Å². The summed E-state index contributed by atoms with van der Waals surface area (Å²) in [5.74, 6) is 0.697. The van der Waals surface area contributed by atoms with Crippen molar-refractivity contribution in [1.29, 1.82) is 0 Å². The minimum atomic E-state index is -1.01. The molecular weight excluding hydrogens is 168 g/mol. The van der Waals surface area contributed by atoms with Gasteiger partial charge in [0.1, 0.15) is 11.5 Å². The topological polar surface area (TPSA) is 49.7 Å². The van der Waals surface area contributed by atoms with Gasteiger partial charge in [-0.25, -0.2) is 0 Å². The van der Waals surface area contributed by atoms with Crippen molar-refractivity contribution in [2.75, 3.05) is 7.11 Å². The Kier molecular flexibility index (Phi) is 2.48. The van der Waals surface area contributed by atoms with Crippen molar-refractivity contribution in [3.8, 4) is 11.5 Å². The maximum atomic E-state index is 9.73. The van der Waals surface area contributed by atoms with Crippen LogP contribution in [-0.4, -0.2) is 17.3 Å². The molecule has 0 unspecified atom stereocenters. The van der Waals surface area contributed by atoms with Gasteiger partial charge in [0.25, 0.3) is 0 Å². The Morgan fingerprint density at radius 1 is 1.31 bits per heavy atom. The van der Waals surface area contributed by atoms with Crippen LogP contribution in [0.25, 0.3) is 0 Å². The number of hydrogen-bond acceptors (Lipinski definition) is 3. The lowest BCUT2D eigenvalue weighted by molar-refractivity contribution is 0.0753. The third-order valence-electron chi connectivity index (χ3n) is 1.84. The predicted molar refractivity (Wildman–Crippen MR) is 49.9 cm³/mol. The molecule has 0 amide bonds. The zero-order chi connectivity index (χ0) is 10.1. The SMILES string of the molecule is COc1ccc(O)cc1C(C)(C)O. The zero-order valence-electron chi connectivity index (χ0n) is 8.03. The van der Waals surface area contributed by atoms with Gasteiger partial charge < -0.3 is 14.9 Å². The van der Waals surface area contributed by atoms with Crippen molar-refractivity contribution >= 4 is 0 Å². The normalized spacial score (nSPS) is 11.4. The first kappa shape index (κ1) is 9.86. The number of benzene rings is 1. The van der Waals surface area contributed by atoms with E-state index in [1.54, 1.807) is 19.9 Å². The van der Waals surface area contributed by atoms with Gasteiger partial charge in [-0.3, -0.25) is 0 Å². The van der Waals surface area contributed by atoms with E-state index in [1.165, 1.54) is 19.2 Å². The maximum absolute atomic E-state index is 9.73. The van der Waals surface area contributed by atoms with Crippen LogP contribution in [0.3, 0.4) is 0 Å². The molecule has 1 rings (SSSR count). The summed E-state index contributed by atoms with van der Waals surface area (Å²) in [5.41, 5.74) is -0.431. The fourth-order valence-electron chi connectivity index (χ4n) is 1.17. The highest BCUT2D eigenvalue weighted by Crippen LogP contribution is 2.32. The fourth-order valence-corrected chi connectivity index (χ4v) is 1.17. The number of hydrogen-bond donors (Lipinski definition) is 2. The standard InChI is InChI=1S/C10H14O3/c1-10(2,12)8-6-7(11)4-5-9(8)13-3/h4-6,11-12H,1-3H3. The van der Waals surface area contributed by atoms with Gasteiger partial charge in [-0.15, -0.1) is 0 Å². The Balaban J connectivity index is 3.24. The number of aromatic hydroxyl groups is 1. The summed E-state index contributed by atoms with van der Waals surface area (Å²) in [6.45, 7) is 3.29. The lowest BCUT2D eigenvalue weighted by Crippen LogP contribution is -2.16. The first-order chi connectivity index (χ1) is 5.95. The Hall–Kier alpha value is -1.22.